The van der Waals surface area contributed by atoms with Crippen LogP contribution in [0.25, 0.3) is 0 Å². The summed E-state index contributed by atoms with van der Waals surface area (Å²) in [5.41, 5.74) is 4.43. The zero-order valence-electron chi connectivity index (χ0n) is 12.4. The molecule has 1 aliphatic rings. The second-order valence-electron chi connectivity index (χ2n) is 5.35. The van der Waals surface area contributed by atoms with Crippen LogP contribution in [0.15, 0.2) is 30.3 Å². The molecule has 1 aromatic heterocycles. The van der Waals surface area contributed by atoms with Gasteiger partial charge >= 0.3 is 6.09 Å². The molecule has 0 unspecified atom stereocenters. The van der Waals surface area contributed by atoms with Gasteiger partial charge in [-0.3, -0.25) is 4.68 Å². The summed E-state index contributed by atoms with van der Waals surface area (Å²) in [6.45, 7) is 3.59. The van der Waals surface area contributed by atoms with E-state index in [2.05, 4.69) is 12.0 Å². The number of hydrogen-bond acceptors (Lipinski definition) is 3. The molecule has 1 aliphatic heterocycles. The van der Waals surface area contributed by atoms with Crippen LogP contribution < -0.4 is 0 Å². The zero-order chi connectivity index (χ0) is 14.8. The Bertz CT molecular complexity index is 649. The number of nitrogens with zero attached hydrogens (tertiary/aromatic N) is 3. The van der Waals surface area contributed by atoms with Crippen molar-refractivity contribution in [3.63, 3.8) is 0 Å². The number of rotatable bonds is 2. The van der Waals surface area contributed by atoms with Gasteiger partial charge in [-0.1, -0.05) is 30.3 Å². The minimum absolute atomic E-state index is 0.271. The SMILES string of the molecule is Cc1c2c(nn1C)CN(C(=O)OCc1ccccc1)CC2. The predicted molar refractivity (Wildman–Crippen MR) is 78.7 cm³/mol. The maximum atomic E-state index is 12.1. The molecule has 21 heavy (non-hydrogen) atoms. The Balaban J connectivity index is 1.62. The van der Waals surface area contributed by atoms with E-state index in [1.165, 1.54) is 11.3 Å². The third kappa shape index (κ3) is 2.77. The van der Waals surface area contributed by atoms with E-state index in [-0.39, 0.29) is 6.09 Å². The van der Waals surface area contributed by atoms with Crippen molar-refractivity contribution in [2.75, 3.05) is 6.54 Å². The van der Waals surface area contributed by atoms with Gasteiger partial charge in [0.1, 0.15) is 6.61 Å². The van der Waals surface area contributed by atoms with E-state index >= 15 is 0 Å². The third-order valence-electron chi connectivity index (χ3n) is 3.98. The number of fused-ring (bicyclic) bond motifs is 1. The Morgan fingerprint density at radius 1 is 1.33 bits per heavy atom. The Hall–Kier alpha value is -2.30. The van der Waals surface area contributed by atoms with Crippen LogP contribution in [0, 0.1) is 6.92 Å². The Kier molecular flexibility index (Phi) is 3.64. The lowest BCUT2D eigenvalue weighted by atomic mass is 10.1. The lowest BCUT2D eigenvalue weighted by molar-refractivity contribution is 0.0913. The van der Waals surface area contributed by atoms with E-state index in [4.69, 9.17) is 4.74 Å². The van der Waals surface area contributed by atoms with Crippen molar-refractivity contribution in [2.45, 2.75) is 26.5 Å². The van der Waals surface area contributed by atoms with Crippen LogP contribution in [0.2, 0.25) is 0 Å². The first-order valence-corrected chi connectivity index (χ1v) is 7.12. The third-order valence-corrected chi connectivity index (χ3v) is 3.98. The molecule has 0 saturated carbocycles. The second kappa shape index (κ2) is 5.60. The van der Waals surface area contributed by atoms with Crippen LogP contribution in [-0.4, -0.2) is 27.3 Å². The number of amides is 1. The lowest BCUT2D eigenvalue weighted by Crippen LogP contribution is -2.36. The van der Waals surface area contributed by atoms with E-state index in [0.29, 0.717) is 19.7 Å². The standard InChI is InChI=1S/C16H19N3O2/c1-12-14-8-9-19(10-15(14)17-18(12)2)16(20)21-11-13-6-4-3-5-7-13/h3-7H,8-11H2,1-2H3. The average Bonchev–Trinajstić information content (AvgIpc) is 2.80. The maximum absolute atomic E-state index is 12.1. The number of ether oxygens (including phenoxy) is 1. The highest BCUT2D eigenvalue weighted by Gasteiger charge is 2.25. The summed E-state index contributed by atoms with van der Waals surface area (Å²) in [7, 11) is 1.94. The summed E-state index contributed by atoms with van der Waals surface area (Å²) >= 11 is 0. The summed E-state index contributed by atoms with van der Waals surface area (Å²) in [5, 5.41) is 4.47. The van der Waals surface area contributed by atoms with Crippen LogP contribution in [0.4, 0.5) is 4.79 Å². The van der Waals surface area contributed by atoms with E-state index in [0.717, 1.165) is 17.7 Å². The normalized spacial score (nSPS) is 13.9. The molecule has 1 aromatic carbocycles. The number of carbonyl (C=O) groups is 1. The molecule has 1 amide bonds. The number of carbonyl (C=O) groups excluding carboxylic acids is 1. The predicted octanol–water partition coefficient (Wildman–Crippen LogP) is 2.42. The Morgan fingerprint density at radius 2 is 2.10 bits per heavy atom. The first-order chi connectivity index (χ1) is 10.1. The average molecular weight is 285 g/mol. The molecule has 0 atom stereocenters. The summed E-state index contributed by atoms with van der Waals surface area (Å²) in [5.74, 6) is 0. The van der Waals surface area contributed by atoms with Gasteiger partial charge in [-0.25, -0.2) is 4.79 Å². The molecule has 5 nitrogen and oxygen atoms in total. The second-order valence-corrected chi connectivity index (χ2v) is 5.35. The molecule has 0 aliphatic carbocycles. The van der Waals surface area contributed by atoms with E-state index < -0.39 is 0 Å². The molecular formula is C16H19N3O2. The topological polar surface area (TPSA) is 47.4 Å². The van der Waals surface area contributed by atoms with Crippen LogP contribution >= 0.6 is 0 Å². The molecule has 5 heteroatoms. The van der Waals surface area contributed by atoms with E-state index in [1.54, 1.807) is 4.90 Å². The largest absolute Gasteiger partial charge is 0.445 e. The van der Waals surface area contributed by atoms with Crippen LogP contribution in [0.5, 0.6) is 0 Å². The molecule has 3 rings (SSSR count). The van der Waals surface area contributed by atoms with Crippen molar-refractivity contribution >= 4 is 6.09 Å². The summed E-state index contributed by atoms with van der Waals surface area (Å²) in [6, 6.07) is 9.72. The van der Waals surface area contributed by atoms with Gasteiger partial charge in [0.15, 0.2) is 0 Å². The fourth-order valence-electron chi connectivity index (χ4n) is 2.65. The van der Waals surface area contributed by atoms with Crippen LogP contribution in [0.1, 0.15) is 22.5 Å². The van der Waals surface area contributed by atoms with Crippen molar-refractivity contribution in [1.29, 1.82) is 0 Å². The summed E-state index contributed by atoms with van der Waals surface area (Å²) in [4.78, 5) is 13.9. The molecule has 0 saturated heterocycles. The lowest BCUT2D eigenvalue weighted by Gasteiger charge is -2.25. The van der Waals surface area contributed by atoms with Gasteiger partial charge in [-0.2, -0.15) is 5.10 Å². The molecule has 0 N–H and O–H groups in total. The van der Waals surface area contributed by atoms with Gasteiger partial charge in [0.25, 0.3) is 0 Å². The molecule has 110 valence electrons. The number of hydrogen-bond donors (Lipinski definition) is 0. The van der Waals surface area contributed by atoms with E-state index in [9.17, 15) is 4.79 Å². The first-order valence-electron chi connectivity index (χ1n) is 7.12. The smallest absolute Gasteiger partial charge is 0.410 e. The van der Waals surface area contributed by atoms with Gasteiger partial charge in [-0.05, 0) is 24.5 Å². The fourth-order valence-corrected chi connectivity index (χ4v) is 2.65. The molecule has 0 fully saturated rings. The Labute approximate surface area is 124 Å². The van der Waals surface area contributed by atoms with Crippen LogP contribution in [0.3, 0.4) is 0 Å². The molecule has 0 bridgehead atoms. The monoisotopic (exact) mass is 285 g/mol. The molecular weight excluding hydrogens is 266 g/mol. The number of aromatic nitrogens is 2. The van der Waals surface area contributed by atoms with Crippen molar-refractivity contribution in [1.82, 2.24) is 14.7 Å². The van der Waals surface area contributed by atoms with Crippen molar-refractivity contribution in [3.05, 3.63) is 52.8 Å². The van der Waals surface area contributed by atoms with Gasteiger partial charge in [-0.15, -0.1) is 0 Å². The quantitative estimate of drug-likeness (QED) is 0.851. The Morgan fingerprint density at radius 3 is 2.86 bits per heavy atom. The van der Waals surface area contributed by atoms with Gasteiger partial charge in [0, 0.05) is 19.3 Å². The zero-order valence-corrected chi connectivity index (χ0v) is 12.4. The summed E-state index contributed by atoms with van der Waals surface area (Å²) < 4.78 is 7.25. The highest BCUT2D eigenvalue weighted by Crippen LogP contribution is 2.21. The van der Waals surface area contributed by atoms with E-state index in [1.807, 2.05) is 42.1 Å². The van der Waals surface area contributed by atoms with Crippen LogP contribution in [-0.2, 0) is 31.4 Å². The highest BCUT2D eigenvalue weighted by molar-refractivity contribution is 5.68. The summed E-state index contributed by atoms with van der Waals surface area (Å²) in [6.07, 6.45) is 0.572. The van der Waals surface area contributed by atoms with Crippen molar-refractivity contribution in [2.24, 2.45) is 7.05 Å². The maximum Gasteiger partial charge on any atom is 0.410 e. The molecule has 0 spiro atoms. The van der Waals surface area contributed by atoms with Crippen molar-refractivity contribution < 1.29 is 9.53 Å². The molecule has 0 radical (unpaired) electrons. The van der Waals surface area contributed by atoms with Crippen molar-refractivity contribution in [3.8, 4) is 0 Å². The minimum Gasteiger partial charge on any atom is -0.445 e. The molecule has 2 aromatic rings. The minimum atomic E-state index is -0.271. The number of aryl methyl sites for hydroxylation is 1. The van der Waals surface area contributed by atoms with Gasteiger partial charge < -0.3 is 9.64 Å². The first kappa shape index (κ1) is 13.7. The van der Waals surface area contributed by atoms with Gasteiger partial charge in [0.05, 0.1) is 12.2 Å². The fraction of sp³-hybridized carbons (Fsp3) is 0.375. The molecule has 2 heterocycles. The highest BCUT2D eigenvalue weighted by atomic mass is 16.6. The van der Waals surface area contributed by atoms with Gasteiger partial charge in [0.2, 0.25) is 0 Å². The number of benzene rings is 1.